The number of amides is 3. The zero-order valence-electron chi connectivity index (χ0n) is 17.2. The molecular weight excluding hydrogens is 384 g/mol. The van der Waals surface area contributed by atoms with E-state index < -0.39 is 0 Å². The van der Waals surface area contributed by atoms with Crippen LogP contribution in [-0.4, -0.2) is 55.4 Å². The van der Waals surface area contributed by atoms with Crippen LogP contribution in [-0.2, 0) is 17.8 Å². The fourth-order valence-electron chi connectivity index (χ4n) is 4.26. The number of carbonyl (C=O) groups excluding carboxylic acids is 3. The SMILES string of the molecule is C[C@@H]1[C@H](C)CCC[C@H]1NC(=O)Cn1nnc(CCN2C(=O)c3ccccc3C2=O)n1. The van der Waals surface area contributed by atoms with Crippen LogP contribution >= 0.6 is 0 Å². The van der Waals surface area contributed by atoms with Gasteiger partial charge in [-0.05, 0) is 35.6 Å². The predicted molar refractivity (Wildman–Crippen MR) is 107 cm³/mol. The third-order valence-electron chi connectivity index (χ3n) is 6.27. The van der Waals surface area contributed by atoms with Gasteiger partial charge in [0.05, 0.1) is 11.1 Å². The van der Waals surface area contributed by atoms with Crippen LogP contribution in [0, 0.1) is 11.8 Å². The summed E-state index contributed by atoms with van der Waals surface area (Å²) in [5.74, 6) is 0.685. The number of carbonyl (C=O) groups is 3. The van der Waals surface area contributed by atoms with Gasteiger partial charge >= 0.3 is 0 Å². The zero-order chi connectivity index (χ0) is 21.3. The molecule has 0 unspecified atom stereocenters. The van der Waals surface area contributed by atoms with E-state index >= 15 is 0 Å². The topological polar surface area (TPSA) is 110 Å². The molecule has 2 aliphatic rings. The predicted octanol–water partition coefficient (Wildman–Crippen LogP) is 1.45. The molecule has 0 radical (unpaired) electrons. The van der Waals surface area contributed by atoms with Crippen LogP contribution in [0.15, 0.2) is 24.3 Å². The maximum Gasteiger partial charge on any atom is 0.261 e. The van der Waals surface area contributed by atoms with Crippen molar-refractivity contribution in [1.29, 1.82) is 0 Å². The molecule has 1 aliphatic heterocycles. The van der Waals surface area contributed by atoms with Gasteiger partial charge in [-0.1, -0.05) is 38.8 Å². The molecule has 2 heterocycles. The van der Waals surface area contributed by atoms with E-state index in [1.165, 1.54) is 16.1 Å². The van der Waals surface area contributed by atoms with Gasteiger partial charge in [0.15, 0.2) is 5.82 Å². The van der Waals surface area contributed by atoms with Gasteiger partial charge in [-0.3, -0.25) is 19.3 Å². The van der Waals surface area contributed by atoms with E-state index in [1.54, 1.807) is 24.3 Å². The highest BCUT2D eigenvalue weighted by Crippen LogP contribution is 2.29. The van der Waals surface area contributed by atoms with Crippen molar-refractivity contribution >= 4 is 17.7 Å². The van der Waals surface area contributed by atoms with Crippen molar-refractivity contribution in [1.82, 2.24) is 30.4 Å². The van der Waals surface area contributed by atoms with Gasteiger partial charge in [0.2, 0.25) is 5.91 Å². The van der Waals surface area contributed by atoms with E-state index in [1.807, 2.05) is 0 Å². The summed E-state index contributed by atoms with van der Waals surface area (Å²) in [7, 11) is 0. The van der Waals surface area contributed by atoms with Crippen molar-refractivity contribution in [2.24, 2.45) is 11.8 Å². The van der Waals surface area contributed by atoms with Crippen molar-refractivity contribution in [2.75, 3.05) is 6.54 Å². The third-order valence-corrected chi connectivity index (χ3v) is 6.27. The average Bonchev–Trinajstić information content (AvgIpc) is 3.27. The molecule has 1 aromatic heterocycles. The number of nitrogens with one attached hydrogen (secondary N) is 1. The summed E-state index contributed by atoms with van der Waals surface area (Å²) < 4.78 is 0. The molecule has 1 aromatic carbocycles. The van der Waals surface area contributed by atoms with Crippen LogP contribution in [0.4, 0.5) is 0 Å². The number of aromatic nitrogens is 4. The minimum atomic E-state index is -0.307. The minimum Gasteiger partial charge on any atom is -0.351 e. The summed E-state index contributed by atoms with van der Waals surface area (Å²) in [6.45, 7) is 4.57. The Morgan fingerprint density at radius 3 is 2.53 bits per heavy atom. The Bertz CT molecular complexity index is 936. The van der Waals surface area contributed by atoms with Crippen LogP contribution in [0.2, 0.25) is 0 Å². The number of fused-ring (bicyclic) bond motifs is 1. The molecular formula is C21H26N6O3. The number of hydrogen-bond acceptors (Lipinski definition) is 6. The van der Waals surface area contributed by atoms with Crippen molar-refractivity contribution < 1.29 is 14.4 Å². The Morgan fingerprint density at radius 2 is 1.83 bits per heavy atom. The molecule has 4 rings (SSSR count). The summed E-state index contributed by atoms with van der Waals surface area (Å²) >= 11 is 0. The molecule has 1 fully saturated rings. The Kier molecular flexibility index (Phi) is 5.61. The van der Waals surface area contributed by atoms with Gasteiger partial charge in [0, 0.05) is 19.0 Å². The summed E-state index contributed by atoms with van der Waals surface area (Å²) in [6.07, 6.45) is 3.60. The first-order valence-corrected chi connectivity index (χ1v) is 10.5. The van der Waals surface area contributed by atoms with Gasteiger partial charge in [-0.15, -0.1) is 10.2 Å². The quantitative estimate of drug-likeness (QED) is 0.722. The Balaban J connectivity index is 1.30. The number of rotatable bonds is 6. The van der Waals surface area contributed by atoms with E-state index in [9.17, 15) is 14.4 Å². The highest BCUT2D eigenvalue weighted by Gasteiger charge is 2.35. The van der Waals surface area contributed by atoms with Crippen LogP contribution < -0.4 is 5.32 Å². The van der Waals surface area contributed by atoms with E-state index in [4.69, 9.17) is 0 Å². The second-order valence-corrected chi connectivity index (χ2v) is 8.23. The maximum absolute atomic E-state index is 12.4. The lowest BCUT2D eigenvalue weighted by Gasteiger charge is -2.34. The largest absolute Gasteiger partial charge is 0.351 e. The van der Waals surface area contributed by atoms with Gasteiger partial charge in [0.25, 0.3) is 11.8 Å². The molecule has 0 spiro atoms. The summed E-state index contributed by atoms with van der Waals surface area (Å²) in [5, 5.41) is 15.2. The molecule has 9 heteroatoms. The fourth-order valence-corrected chi connectivity index (χ4v) is 4.26. The van der Waals surface area contributed by atoms with Crippen LogP contribution in [0.3, 0.4) is 0 Å². The van der Waals surface area contributed by atoms with E-state index in [2.05, 4.69) is 34.6 Å². The molecule has 30 heavy (non-hydrogen) atoms. The smallest absolute Gasteiger partial charge is 0.261 e. The lowest BCUT2D eigenvalue weighted by Crippen LogP contribution is -2.45. The van der Waals surface area contributed by atoms with Gasteiger partial charge in [-0.25, -0.2) is 0 Å². The molecule has 9 nitrogen and oxygen atoms in total. The fraction of sp³-hybridized carbons (Fsp3) is 0.524. The lowest BCUT2D eigenvalue weighted by molar-refractivity contribution is -0.123. The monoisotopic (exact) mass is 410 g/mol. The normalized spacial score (nSPS) is 23.5. The highest BCUT2D eigenvalue weighted by atomic mass is 16.2. The van der Waals surface area contributed by atoms with E-state index in [0.29, 0.717) is 28.8 Å². The Labute approximate surface area is 174 Å². The van der Waals surface area contributed by atoms with Gasteiger partial charge < -0.3 is 5.32 Å². The van der Waals surface area contributed by atoms with Crippen LogP contribution in [0.5, 0.6) is 0 Å². The van der Waals surface area contributed by atoms with Crippen LogP contribution in [0.1, 0.15) is 59.7 Å². The molecule has 158 valence electrons. The van der Waals surface area contributed by atoms with Crippen molar-refractivity contribution in [3.05, 3.63) is 41.2 Å². The van der Waals surface area contributed by atoms with E-state index in [-0.39, 0.29) is 43.3 Å². The third kappa shape index (κ3) is 3.96. The van der Waals surface area contributed by atoms with Crippen LogP contribution in [0.25, 0.3) is 0 Å². The second kappa shape index (κ2) is 8.33. The Hall–Kier alpha value is -3.10. The van der Waals surface area contributed by atoms with Gasteiger partial charge in [0.1, 0.15) is 6.54 Å². The minimum absolute atomic E-state index is 0.00236. The number of hydrogen-bond donors (Lipinski definition) is 1. The average molecular weight is 410 g/mol. The first-order valence-electron chi connectivity index (χ1n) is 10.5. The first kappa shape index (κ1) is 20.2. The number of imide groups is 1. The Morgan fingerprint density at radius 1 is 1.13 bits per heavy atom. The lowest BCUT2D eigenvalue weighted by atomic mass is 9.78. The summed E-state index contributed by atoms with van der Waals surface area (Å²) in [6, 6.07) is 6.95. The first-order chi connectivity index (χ1) is 14.4. The molecule has 1 aliphatic carbocycles. The van der Waals surface area contributed by atoms with E-state index in [0.717, 1.165) is 12.8 Å². The molecule has 0 bridgehead atoms. The number of tetrazole rings is 1. The zero-order valence-corrected chi connectivity index (χ0v) is 17.2. The second-order valence-electron chi connectivity index (χ2n) is 8.23. The molecule has 3 atom stereocenters. The summed E-state index contributed by atoms with van der Waals surface area (Å²) in [4.78, 5) is 39.7. The molecule has 1 saturated carbocycles. The molecule has 0 saturated heterocycles. The highest BCUT2D eigenvalue weighted by molar-refractivity contribution is 6.21. The van der Waals surface area contributed by atoms with Crippen molar-refractivity contribution in [2.45, 2.75) is 52.1 Å². The standard InChI is InChI=1S/C21H26N6O3/c1-13-6-5-9-17(14(13)2)22-19(28)12-27-24-18(23-25-27)10-11-26-20(29)15-7-3-4-8-16(15)21(26)30/h3-4,7-8,13-14,17H,5-6,9-12H2,1-2H3,(H,22,28)/t13-,14-,17-/m1/s1. The number of benzene rings is 1. The van der Waals surface area contributed by atoms with Crippen molar-refractivity contribution in [3.8, 4) is 0 Å². The number of nitrogens with zero attached hydrogens (tertiary/aromatic N) is 5. The molecule has 2 aromatic rings. The molecule has 3 amide bonds. The molecule has 1 N–H and O–H groups in total. The van der Waals surface area contributed by atoms with Crippen molar-refractivity contribution in [3.63, 3.8) is 0 Å². The van der Waals surface area contributed by atoms with Gasteiger partial charge in [-0.2, -0.15) is 4.80 Å². The summed E-state index contributed by atoms with van der Waals surface area (Å²) in [5.41, 5.74) is 0.837. The maximum atomic E-state index is 12.4.